The zero-order valence-electron chi connectivity index (χ0n) is 9.83. The second kappa shape index (κ2) is 5.24. The van der Waals surface area contributed by atoms with Crippen LogP contribution in [0, 0.1) is 5.92 Å². The summed E-state index contributed by atoms with van der Waals surface area (Å²) in [4.78, 5) is 4.69. The maximum absolute atomic E-state index is 4.69. The van der Waals surface area contributed by atoms with Crippen LogP contribution in [0.1, 0.15) is 46.0 Å². The summed E-state index contributed by atoms with van der Waals surface area (Å²) in [5, 5.41) is 4.82. The highest BCUT2D eigenvalue weighted by Crippen LogP contribution is 2.34. The molecule has 1 heterocycles. The lowest BCUT2D eigenvalue weighted by molar-refractivity contribution is 0.512. The molecule has 0 spiro atoms. The summed E-state index contributed by atoms with van der Waals surface area (Å²) in [5.41, 5.74) is 0. The van der Waals surface area contributed by atoms with E-state index in [1.165, 1.54) is 43.0 Å². The smallest absolute Gasteiger partial charge is 0.157 e. The largest absolute Gasteiger partial charge is 0.362 e. The zero-order valence-corrected chi connectivity index (χ0v) is 10.6. The molecule has 0 aromatic rings. The third-order valence-corrected chi connectivity index (χ3v) is 4.37. The van der Waals surface area contributed by atoms with Crippen LogP contribution >= 0.6 is 11.8 Å². The van der Waals surface area contributed by atoms with Crippen molar-refractivity contribution in [3.05, 3.63) is 0 Å². The lowest BCUT2D eigenvalue weighted by Gasteiger charge is -2.16. The fourth-order valence-electron chi connectivity index (χ4n) is 1.96. The lowest BCUT2D eigenvalue weighted by Crippen LogP contribution is -2.32. The molecule has 2 aliphatic rings. The fourth-order valence-corrected chi connectivity index (χ4v) is 3.10. The molecule has 1 aliphatic carbocycles. The van der Waals surface area contributed by atoms with Gasteiger partial charge in [-0.2, -0.15) is 0 Å². The van der Waals surface area contributed by atoms with E-state index in [9.17, 15) is 0 Å². The molecule has 0 aromatic heterocycles. The van der Waals surface area contributed by atoms with Gasteiger partial charge in [0, 0.05) is 11.8 Å². The highest BCUT2D eigenvalue weighted by molar-refractivity contribution is 8.14. The van der Waals surface area contributed by atoms with Gasteiger partial charge in [-0.05, 0) is 25.2 Å². The van der Waals surface area contributed by atoms with Crippen molar-refractivity contribution in [2.75, 3.05) is 5.75 Å². The zero-order chi connectivity index (χ0) is 10.7. The summed E-state index contributed by atoms with van der Waals surface area (Å²) < 4.78 is 0. The average Bonchev–Trinajstić information content (AvgIpc) is 2.95. The van der Waals surface area contributed by atoms with Gasteiger partial charge >= 0.3 is 0 Å². The maximum atomic E-state index is 4.69. The third kappa shape index (κ3) is 3.40. The summed E-state index contributed by atoms with van der Waals surface area (Å²) in [6, 6.07) is 1.23. The Morgan fingerprint density at radius 2 is 2.27 bits per heavy atom. The highest BCUT2D eigenvalue weighted by Gasteiger charge is 2.26. The molecule has 2 rings (SSSR count). The average molecular weight is 226 g/mol. The van der Waals surface area contributed by atoms with Crippen LogP contribution in [0.2, 0.25) is 0 Å². The van der Waals surface area contributed by atoms with Crippen LogP contribution in [-0.2, 0) is 0 Å². The van der Waals surface area contributed by atoms with Crippen LogP contribution in [0.4, 0.5) is 0 Å². The Morgan fingerprint density at radius 3 is 2.80 bits per heavy atom. The van der Waals surface area contributed by atoms with E-state index >= 15 is 0 Å². The van der Waals surface area contributed by atoms with Gasteiger partial charge in [-0.3, -0.25) is 4.99 Å². The van der Waals surface area contributed by atoms with Crippen LogP contribution in [-0.4, -0.2) is 23.0 Å². The van der Waals surface area contributed by atoms with E-state index in [-0.39, 0.29) is 0 Å². The van der Waals surface area contributed by atoms with Crippen molar-refractivity contribution in [2.24, 2.45) is 10.9 Å². The molecule has 0 bridgehead atoms. The van der Waals surface area contributed by atoms with Crippen LogP contribution in [0.3, 0.4) is 0 Å². The first-order valence-electron chi connectivity index (χ1n) is 6.29. The number of nitrogens with zero attached hydrogens (tertiary/aromatic N) is 1. The predicted octanol–water partition coefficient (Wildman–Crippen LogP) is 3.04. The Bertz CT molecular complexity index is 236. The lowest BCUT2D eigenvalue weighted by atomic mass is 10.1. The first-order valence-corrected chi connectivity index (χ1v) is 7.27. The second-order valence-corrected chi connectivity index (χ2v) is 5.74. The van der Waals surface area contributed by atoms with Gasteiger partial charge in [0.15, 0.2) is 5.17 Å². The van der Waals surface area contributed by atoms with E-state index in [0.29, 0.717) is 12.1 Å². The molecule has 2 nitrogen and oxygen atoms in total. The Hall–Kier alpha value is -0.180. The molecular weight excluding hydrogens is 204 g/mol. The van der Waals surface area contributed by atoms with E-state index in [1.54, 1.807) is 0 Å². The first-order chi connectivity index (χ1) is 7.31. The van der Waals surface area contributed by atoms with E-state index < -0.39 is 0 Å². The topological polar surface area (TPSA) is 24.4 Å². The molecule has 3 heteroatoms. The molecule has 2 unspecified atom stereocenters. The van der Waals surface area contributed by atoms with Crippen LogP contribution in [0.15, 0.2) is 4.99 Å². The van der Waals surface area contributed by atoms with E-state index in [1.807, 2.05) is 11.8 Å². The van der Waals surface area contributed by atoms with Gasteiger partial charge in [-0.25, -0.2) is 0 Å². The summed E-state index contributed by atoms with van der Waals surface area (Å²) in [7, 11) is 0. The number of amidine groups is 1. The van der Waals surface area contributed by atoms with E-state index in [2.05, 4.69) is 19.2 Å². The van der Waals surface area contributed by atoms with Crippen molar-refractivity contribution in [1.82, 2.24) is 5.32 Å². The van der Waals surface area contributed by atoms with Crippen molar-refractivity contribution in [3.8, 4) is 0 Å². The highest BCUT2D eigenvalue weighted by atomic mass is 32.2. The van der Waals surface area contributed by atoms with Crippen LogP contribution in [0.5, 0.6) is 0 Å². The van der Waals surface area contributed by atoms with Gasteiger partial charge in [-0.15, -0.1) is 0 Å². The molecule has 15 heavy (non-hydrogen) atoms. The third-order valence-electron chi connectivity index (χ3n) is 3.32. The Morgan fingerprint density at radius 1 is 1.47 bits per heavy atom. The van der Waals surface area contributed by atoms with Gasteiger partial charge in [0.25, 0.3) is 0 Å². The number of aliphatic imine (C=N–C) groups is 1. The number of rotatable bonds is 5. The van der Waals surface area contributed by atoms with Crippen LogP contribution in [0.25, 0.3) is 0 Å². The summed E-state index contributed by atoms with van der Waals surface area (Å²) in [5.74, 6) is 2.19. The summed E-state index contributed by atoms with van der Waals surface area (Å²) >= 11 is 1.91. The van der Waals surface area contributed by atoms with Gasteiger partial charge in [0.2, 0.25) is 0 Å². The molecule has 2 atom stereocenters. The van der Waals surface area contributed by atoms with Crippen molar-refractivity contribution >= 4 is 16.9 Å². The molecule has 0 saturated heterocycles. The van der Waals surface area contributed by atoms with Crippen molar-refractivity contribution < 1.29 is 0 Å². The van der Waals surface area contributed by atoms with Crippen molar-refractivity contribution in [3.63, 3.8) is 0 Å². The SMILES string of the molecule is CCC1CSC(NC(CC)CC2CC2)=N1. The van der Waals surface area contributed by atoms with Crippen LogP contribution < -0.4 is 5.32 Å². The molecule has 0 amide bonds. The molecule has 1 saturated carbocycles. The number of hydrogen-bond donors (Lipinski definition) is 1. The normalized spacial score (nSPS) is 27.6. The Kier molecular flexibility index (Phi) is 3.95. The minimum absolute atomic E-state index is 0.566. The summed E-state index contributed by atoms with van der Waals surface area (Å²) in [6.45, 7) is 4.50. The molecule has 1 fully saturated rings. The minimum atomic E-state index is 0.566. The van der Waals surface area contributed by atoms with E-state index in [0.717, 1.165) is 5.92 Å². The predicted molar refractivity (Wildman–Crippen MR) is 68.5 cm³/mol. The minimum Gasteiger partial charge on any atom is -0.362 e. The standard InChI is InChI=1S/C12H22N2S/c1-3-10(7-9-5-6-9)13-12-14-11(4-2)8-15-12/h9-11H,3-8H2,1-2H3,(H,13,14). The molecule has 0 aromatic carbocycles. The molecule has 86 valence electrons. The molecule has 0 radical (unpaired) electrons. The van der Waals surface area contributed by atoms with Gasteiger partial charge in [0.1, 0.15) is 0 Å². The monoisotopic (exact) mass is 226 g/mol. The van der Waals surface area contributed by atoms with Gasteiger partial charge in [0.05, 0.1) is 6.04 Å². The summed E-state index contributed by atoms with van der Waals surface area (Å²) in [6.07, 6.45) is 6.67. The second-order valence-electron chi connectivity index (χ2n) is 4.74. The quantitative estimate of drug-likeness (QED) is 0.779. The van der Waals surface area contributed by atoms with Crippen molar-refractivity contribution in [1.29, 1.82) is 0 Å². The fraction of sp³-hybridized carbons (Fsp3) is 0.917. The first kappa shape index (κ1) is 11.3. The Balaban J connectivity index is 1.78. The number of hydrogen-bond acceptors (Lipinski definition) is 3. The van der Waals surface area contributed by atoms with E-state index in [4.69, 9.17) is 4.99 Å². The molecule has 1 aliphatic heterocycles. The maximum Gasteiger partial charge on any atom is 0.157 e. The molecule has 1 N–H and O–H groups in total. The number of thioether (sulfide) groups is 1. The number of nitrogens with one attached hydrogen (secondary N) is 1. The molecular formula is C12H22N2S. The van der Waals surface area contributed by atoms with Gasteiger partial charge in [-0.1, -0.05) is 38.5 Å². The van der Waals surface area contributed by atoms with Gasteiger partial charge < -0.3 is 5.32 Å². The van der Waals surface area contributed by atoms with Crippen molar-refractivity contribution in [2.45, 2.75) is 58.0 Å². The Labute approximate surface area is 97.3 Å².